The Balaban J connectivity index is 2.54. The zero-order valence-corrected chi connectivity index (χ0v) is 13.6. The summed E-state index contributed by atoms with van der Waals surface area (Å²) in [6, 6.07) is 4.21. The van der Waals surface area contributed by atoms with Gasteiger partial charge in [0.05, 0.1) is 0 Å². The second-order valence-electron chi connectivity index (χ2n) is 6.18. The van der Waals surface area contributed by atoms with E-state index in [1.807, 2.05) is 31.9 Å². The zero-order valence-electron chi connectivity index (χ0n) is 13.6. The lowest BCUT2D eigenvalue weighted by molar-refractivity contribution is 0.101. The molecule has 1 fully saturated rings. The lowest BCUT2D eigenvalue weighted by atomic mass is 9.76. The third kappa shape index (κ3) is 2.94. The van der Waals surface area contributed by atoms with Crippen LogP contribution in [0.2, 0.25) is 0 Å². The molecule has 0 N–H and O–H groups in total. The summed E-state index contributed by atoms with van der Waals surface area (Å²) >= 11 is 0. The van der Waals surface area contributed by atoms with Gasteiger partial charge < -0.3 is 4.90 Å². The van der Waals surface area contributed by atoms with Gasteiger partial charge in [0.15, 0.2) is 5.78 Å². The fraction of sp³-hybridized carbons (Fsp3) is 0.421. The molecule has 21 heavy (non-hydrogen) atoms. The molecule has 2 rings (SSSR count). The molecule has 1 aliphatic carbocycles. The maximum absolute atomic E-state index is 11.8. The number of benzene rings is 1. The van der Waals surface area contributed by atoms with Crippen molar-refractivity contribution < 1.29 is 4.79 Å². The lowest BCUT2D eigenvalue weighted by Crippen LogP contribution is -2.18. The van der Waals surface area contributed by atoms with Gasteiger partial charge in [0.2, 0.25) is 0 Å². The van der Waals surface area contributed by atoms with E-state index in [1.54, 1.807) is 6.92 Å². The largest absolute Gasteiger partial charge is 0.349 e. The summed E-state index contributed by atoms with van der Waals surface area (Å²) in [6.45, 7) is 13.8. The smallest absolute Gasteiger partial charge is 0.160 e. The number of aryl methyl sites for hydroxylation is 1. The summed E-state index contributed by atoms with van der Waals surface area (Å²) in [5, 5.41) is 0. The van der Waals surface area contributed by atoms with Gasteiger partial charge in [-0.15, -0.1) is 0 Å². The van der Waals surface area contributed by atoms with Crippen LogP contribution < -0.4 is 0 Å². The van der Waals surface area contributed by atoms with E-state index in [0.717, 1.165) is 28.1 Å². The van der Waals surface area contributed by atoms with E-state index in [9.17, 15) is 4.79 Å². The van der Waals surface area contributed by atoms with E-state index in [2.05, 4.69) is 19.2 Å². The second kappa shape index (κ2) is 5.88. The fourth-order valence-corrected chi connectivity index (χ4v) is 2.83. The van der Waals surface area contributed by atoms with Gasteiger partial charge in [0.25, 0.3) is 0 Å². The van der Waals surface area contributed by atoms with Crippen LogP contribution in [0.25, 0.3) is 5.70 Å². The van der Waals surface area contributed by atoms with Gasteiger partial charge >= 0.3 is 0 Å². The number of ketones is 1. The Morgan fingerprint density at radius 2 is 1.81 bits per heavy atom. The number of carbonyl (C=O) groups is 1. The minimum atomic E-state index is 0.111. The van der Waals surface area contributed by atoms with E-state index in [0.29, 0.717) is 5.92 Å². The molecule has 0 aliphatic heterocycles. The van der Waals surface area contributed by atoms with Crippen molar-refractivity contribution in [3.05, 3.63) is 53.2 Å². The molecule has 0 spiro atoms. The van der Waals surface area contributed by atoms with Crippen LogP contribution in [0.15, 0.2) is 31.0 Å². The lowest BCUT2D eigenvalue weighted by Gasteiger charge is -2.31. The average Bonchev–Trinajstić information content (AvgIpc) is 2.34. The molecule has 0 saturated heterocycles. The minimum absolute atomic E-state index is 0.111. The summed E-state index contributed by atoms with van der Waals surface area (Å²) < 4.78 is 0. The van der Waals surface area contributed by atoms with Crippen molar-refractivity contribution in [2.24, 2.45) is 0 Å². The molecule has 1 aromatic carbocycles. The molecule has 0 amide bonds. The molecule has 1 saturated carbocycles. The summed E-state index contributed by atoms with van der Waals surface area (Å²) in [4.78, 5) is 13.8. The van der Waals surface area contributed by atoms with Gasteiger partial charge in [-0.05, 0) is 56.7 Å². The normalized spacial score (nSPS) is 14.5. The quantitative estimate of drug-likeness (QED) is 0.716. The van der Waals surface area contributed by atoms with E-state index in [1.165, 1.54) is 24.8 Å². The topological polar surface area (TPSA) is 20.3 Å². The maximum Gasteiger partial charge on any atom is 0.160 e. The molecule has 0 unspecified atom stereocenters. The van der Waals surface area contributed by atoms with Crippen LogP contribution in [0, 0.1) is 6.92 Å². The Hall–Kier alpha value is -1.83. The molecule has 0 bridgehead atoms. The maximum atomic E-state index is 11.8. The summed E-state index contributed by atoms with van der Waals surface area (Å²) in [5.74, 6) is 0.717. The van der Waals surface area contributed by atoms with Crippen molar-refractivity contribution in [1.82, 2.24) is 4.90 Å². The molecule has 0 aromatic heterocycles. The van der Waals surface area contributed by atoms with Gasteiger partial charge in [-0.25, -0.2) is 0 Å². The zero-order chi connectivity index (χ0) is 15.7. The summed E-state index contributed by atoms with van der Waals surface area (Å²) in [5.41, 5.74) is 6.17. The highest BCUT2D eigenvalue weighted by molar-refractivity contribution is 5.96. The van der Waals surface area contributed by atoms with Gasteiger partial charge in [-0.2, -0.15) is 0 Å². The standard InChI is InChI=1S/C19H25NO/c1-12(2)20(6)14(4)18-11-17(15(5)21)13(3)10-19(18)16-8-7-9-16/h10-11,16H,1,4,7-9H2,2-3,5-6H3. The number of Topliss-reactive ketones (excluding diaryl/α,β-unsaturated/α-hetero) is 1. The van der Waals surface area contributed by atoms with Crippen molar-refractivity contribution >= 4 is 11.5 Å². The first kappa shape index (κ1) is 15.6. The molecule has 112 valence electrons. The average molecular weight is 283 g/mol. The van der Waals surface area contributed by atoms with Crippen LogP contribution in [0.4, 0.5) is 0 Å². The summed E-state index contributed by atoms with van der Waals surface area (Å²) in [7, 11) is 1.97. The Kier molecular flexibility index (Phi) is 4.36. The first-order valence-corrected chi connectivity index (χ1v) is 7.57. The van der Waals surface area contributed by atoms with E-state index in [4.69, 9.17) is 0 Å². The van der Waals surface area contributed by atoms with Crippen LogP contribution in [0.5, 0.6) is 0 Å². The molecule has 1 aliphatic rings. The fourth-order valence-electron chi connectivity index (χ4n) is 2.83. The molecule has 0 heterocycles. The number of hydrogen-bond donors (Lipinski definition) is 0. The highest BCUT2D eigenvalue weighted by atomic mass is 16.1. The van der Waals surface area contributed by atoms with Gasteiger partial charge in [-0.3, -0.25) is 4.79 Å². The van der Waals surface area contributed by atoms with Gasteiger partial charge in [0, 0.05) is 29.6 Å². The highest BCUT2D eigenvalue weighted by Crippen LogP contribution is 2.41. The minimum Gasteiger partial charge on any atom is -0.349 e. The highest BCUT2D eigenvalue weighted by Gasteiger charge is 2.25. The first-order chi connectivity index (χ1) is 9.82. The van der Waals surface area contributed by atoms with Crippen LogP contribution in [0.1, 0.15) is 66.1 Å². The van der Waals surface area contributed by atoms with Crippen molar-refractivity contribution in [3.8, 4) is 0 Å². The van der Waals surface area contributed by atoms with Crippen LogP contribution in [-0.2, 0) is 0 Å². The number of rotatable bonds is 5. The number of hydrogen-bond acceptors (Lipinski definition) is 2. The van der Waals surface area contributed by atoms with Crippen LogP contribution >= 0.6 is 0 Å². The SMILES string of the molecule is C=C(C)N(C)C(=C)c1cc(C(C)=O)c(C)cc1C1CCC1. The third-order valence-electron chi connectivity index (χ3n) is 4.61. The predicted octanol–water partition coefficient (Wildman–Crippen LogP) is 4.90. The van der Waals surface area contributed by atoms with Gasteiger partial charge in [0.1, 0.15) is 0 Å². The Bertz CT molecular complexity index is 608. The molecule has 0 radical (unpaired) electrons. The van der Waals surface area contributed by atoms with E-state index >= 15 is 0 Å². The number of nitrogens with zero attached hydrogens (tertiary/aromatic N) is 1. The number of carbonyl (C=O) groups excluding carboxylic acids is 1. The Morgan fingerprint density at radius 3 is 2.24 bits per heavy atom. The van der Waals surface area contributed by atoms with Crippen LogP contribution in [-0.4, -0.2) is 17.7 Å². The second-order valence-corrected chi connectivity index (χ2v) is 6.18. The monoisotopic (exact) mass is 283 g/mol. The predicted molar refractivity (Wildman–Crippen MR) is 89.4 cm³/mol. The number of allylic oxidation sites excluding steroid dienone is 1. The molecular formula is C19H25NO. The van der Waals surface area contributed by atoms with E-state index in [-0.39, 0.29) is 5.78 Å². The first-order valence-electron chi connectivity index (χ1n) is 7.57. The summed E-state index contributed by atoms with van der Waals surface area (Å²) in [6.07, 6.45) is 3.76. The van der Waals surface area contributed by atoms with E-state index < -0.39 is 0 Å². The van der Waals surface area contributed by atoms with Crippen LogP contribution in [0.3, 0.4) is 0 Å². The van der Waals surface area contributed by atoms with Crippen molar-refractivity contribution in [1.29, 1.82) is 0 Å². The molecular weight excluding hydrogens is 258 g/mol. The van der Waals surface area contributed by atoms with Crippen molar-refractivity contribution in [3.63, 3.8) is 0 Å². The van der Waals surface area contributed by atoms with Gasteiger partial charge in [-0.1, -0.05) is 25.6 Å². The third-order valence-corrected chi connectivity index (χ3v) is 4.61. The Labute approximate surface area is 128 Å². The molecule has 2 heteroatoms. The van der Waals surface area contributed by atoms with Crippen molar-refractivity contribution in [2.45, 2.75) is 46.0 Å². The molecule has 1 aromatic rings. The Morgan fingerprint density at radius 1 is 1.19 bits per heavy atom. The molecule has 2 nitrogen and oxygen atoms in total. The molecule has 0 atom stereocenters. The van der Waals surface area contributed by atoms with Crippen molar-refractivity contribution in [2.75, 3.05) is 7.05 Å².